The van der Waals surface area contributed by atoms with Crippen LogP contribution in [0, 0.1) is 26.7 Å². The summed E-state index contributed by atoms with van der Waals surface area (Å²) in [5, 5.41) is 11.6. The van der Waals surface area contributed by atoms with Gasteiger partial charge in [-0.1, -0.05) is 110 Å². The van der Waals surface area contributed by atoms with Gasteiger partial charge in [-0.2, -0.15) is 0 Å². The molecule has 2 aromatic rings. The third kappa shape index (κ3) is 16.3. The molecule has 0 aliphatic heterocycles. The van der Waals surface area contributed by atoms with Gasteiger partial charge in [0.15, 0.2) is 0 Å². The van der Waals surface area contributed by atoms with Crippen molar-refractivity contribution in [2.45, 2.75) is 59.2 Å². The summed E-state index contributed by atoms with van der Waals surface area (Å²) < 4.78 is 2.29. The number of thioether (sulfide) groups is 1. The predicted molar refractivity (Wildman–Crippen MR) is 165 cm³/mol. The van der Waals surface area contributed by atoms with Gasteiger partial charge < -0.3 is 9.67 Å². The second-order valence-corrected chi connectivity index (χ2v) is 9.23. The van der Waals surface area contributed by atoms with E-state index in [1.165, 1.54) is 10.6 Å². The second-order valence-electron chi connectivity index (χ2n) is 7.32. The highest BCUT2D eigenvalue weighted by atomic mass is 35.5. The van der Waals surface area contributed by atoms with Crippen LogP contribution in [0.4, 0.5) is 0 Å². The Morgan fingerprint density at radius 3 is 2.06 bits per heavy atom. The van der Waals surface area contributed by atoms with Crippen LogP contribution in [0.1, 0.15) is 44.0 Å². The lowest BCUT2D eigenvalue weighted by Crippen LogP contribution is -2.04. The molecule has 36 heavy (non-hydrogen) atoms. The van der Waals surface area contributed by atoms with Crippen molar-refractivity contribution in [3.63, 3.8) is 0 Å². The van der Waals surface area contributed by atoms with Gasteiger partial charge in [0.2, 0.25) is 0 Å². The molecule has 0 aliphatic carbocycles. The Kier molecular flexibility index (Phi) is 24.2. The fourth-order valence-corrected chi connectivity index (χ4v) is 4.20. The molecule has 0 atom stereocenters. The van der Waals surface area contributed by atoms with Crippen molar-refractivity contribution in [3.05, 3.63) is 112 Å². The molecule has 0 spiro atoms. The number of aliphatic hydroxyl groups is 1. The van der Waals surface area contributed by atoms with E-state index < -0.39 is 0 Å². The van der Waals surface area contributed by atoms with Crippen LogP contribution in [-0.4, -0.2) is 15.4 Å². The number of nitrogens with zero attached hydrogens (tertiary/aromatic N) is 1. The van der Waals surface area contributed by atoms with Crippen molar-refractivity contribution in [2.75, 3.05) is 5.75 Å². The highest BCUT2D eigenvalue weighted by molar-refractivity contribution is 7.99. The highest BCUT2D eigenvalue weighted by Crippen LogP contribution is 2.31. The van der Waals surface area contributed by atoms with Crippen LogP contribution in [0.2, 0.25) is 0 Å². The second kappa shape index (κ2) is 24.3. The summed E-state index contributed by atoms with van der Waals surface area (Å²) in [6, 6.07) is 12.0. The largest absolute Gasteiger partial charge is 0.392 e. The SMILES string of the molecule is C#C.C=C(C)Cl.C\C=C/C(=C\C=C\CC)Cn1c(C)c(CO)c(C)c1SC/C=C/Cl.c1ccccc1. The maximum Gasteiger partial charge on any atom is 0.0789 e. The zero-order valence-corrected chi connectivity index (χ0v) is 24.6. The molecule has 1 N–H and O–H groups in total. The van der Waals surface area contributed by atoms with Gasteiger partial charge >= 0.3 is 0 Å². The first-order chi connectivity index (χ1) is 17.3. The summed E-state index contributed by atoms with van der Waals surface area (Å²) in [5.74, 6) is 0.817. The molecule has 0 amide bonds. The molecule has 0 saturated heterocycles. The summed E-state index contributed by atoms with van der Waals surface area (Å²) in [6.45, 7) is 14.2. The van der Waals surface area contributed by atoms with Gasteiger partial charge in [-0.15, -0.1) is 24.6 Å². The normalized spacial score (nSPS) is 10.9. The minimum atomic E-state index is 0.0714. The van der Waals surface area contributed by atoms with Gasteiger partial charge in [0, 0.05) is 34.1 Å². The number of hydrogen-bond donors (Lipinski definition) is 1. The van der Waals surface area contributed by atoms with E-state index in [9.17, 15) is 5.11 Å². The van der Waals surface area contributed by atoms with Crippen LogP contribution in [0.3, 0.4) is 0 Å². The number of rotatable bonds is 9. The minimum Gasteiger partial charge on any atom is -0.392 e. The topological polar surface area (TPSA) is 25.2 Å². The van der Waals surface area contributed by atoms with Crippen molar-refractivity contribution < 1.29 is 5.11 Å². The monoisotopic (exact) mass is 545 g/mol. The molecule has 0 bridgehead atoms. The van der Waals surface area contributed by atoms with Crippen molar-refractivity contribution in [1.29, 1.82) is 0 Å². The van der Waals surface area contributed by atoms with Crippen LogP contribution < -0.4 is 0 Å². The van der Waals surface area contributed by atoms with E-state index in [4.69, 9.17) is 23.2 Å². The smallest absolute Gasteiger partial charge is 0.0789 e. The Bertz CT molecular complexity index is 952. The third-order valence-corrected chi connectivity index (χ3v) is 5.83. The molecule has 1 aromatic carbocycles. The van der Waals surface area contributed by atoms with Gasteiger partial charge in [-0.05, 0) is 45.3 Å². The van der Waals surface area contributed by atoms with Crippen LogP contribution in [-0.2, 0) is 13.2 Å². The Hall–Kier alpha value is -2.35. The van der Waals surface area contributed by atoms with E-state index in [2.05, 4.69) is 75.1 Å². The standard InChI is InChI=1S/C20H28ClNOS.C6H6.C3H5Cl.C2H2/c1-5-7-8-11-18(10-6-2)14-22-17(4)19(15-23)16(3)20(22)24-13-9-12-21;1-2-4-6-5-3-1;1-3(2)4;1-2/h6-12,23H,5,13-15H2,1-4H3;1-6H;1H2,2H3;1-2H/b8-7+,10-6-,12-9+,18-11+;;;. The first kappa shape index (κ1) is 35.8. The van der Waals surface area contributed by atoms with Gasteiger partial charge in [-0.3, -0.25) is 0 Å². The first-order valence-electron chi connectivity index (χ1n) is 11.6. The summed E-state index contributed by atoms with van der Waals surface area (Å²) in [7, 11) is 0. The molecule has 1 heterocycles. The molecule has 2 rings (SSSR count). The molecular formula is C31H41Cl2NOS. The van der Waals surface area contributed by atoms with E-state index in [-0.39, 0.29) is 6.61 Å². The fourth-order valence-electron chi connectivity index (χ4n) is 2.96. The summed E-state index contributed by atoms with van der Waals surface area (Å²) in [6.07, 6.45) is 21.6. The van der Waals surface area contributed by atoms with Crippen molar-refractivity contribution in [2.24, 2.45) is 0 Å². The average molecular weight is 547 g/mol. The van der Waals surface area contributed by atoms with Crippen LogP contribution in [0.5, 0.6) is 0 Å². The summed E-state index contributed by atoms with van der Waals surface area (Å²) in [4.78, 5) is 0. The van der Waals surface area contributed by atoms with E-state index in [0.717, 1.165) is 35.5 Å². The lowest BCUT2D eigenvalue weighted by atomic mass is 10.2. The molecule has 2 nitrogen and oxygen atoms in total. The van der Waals surface area contributed by atoms with Gasteiger partial charge in [-0.25, -0.2) is 0 Å². The average Bonchev–Trinajstić information content (AvgIpc) is 3.10. The number of aliphatic hydroxyl groups excluding tert-OH is 1. The summed E-state index contributed by atoms with van der Waals surface area (Å²) >= 11 is 12.5. The van der Waals surface area contributed by atoms with Crippen LogP contribution in [0.15, 0.2) is 101 Å². The van der Waals surface area contributed by atoms with Crippen LogP contribution in [0.25, 0.3) is 0 Å². The Balaban J connectivity index is 0. The molecule has 0 unspecified atom stereocenters. The van der Waals surface area contributed by atoms with Crippen molar-refractivity contribution in [3.8, 4) is 12.8 Å². The predicted octanol–water partition coefficient (Wildman–Crippen LogP) is 9.61. The number of hydrogen-bond acceptors (Lipinski definition) is 2. The number of terminal acetylenes is 1. The quantitative estimate of drug-likeness (QED) is 0.192. The van der Waals surface area contributed by atoms with Gasteiger partial charge in [0.25, 0.3) is 0 Å². The Labute approximate surface area is 234 Å². The highest BCUT2D eigenvalue weighted by Gasteiger charge is 2.17. The van der Waals surface area contributed by atoms with E-state index in [1.54, 1.807) is 24.2 Å². The van der Waals surface area contributed by atoms with E-state index in [1.807, 2.05) is 49.4 Å². The molecular weight excluding hydrogens is 505 g/mol. The van der Waals surface area contributed by atoms with Crippen LogP contribution >= 0.6 is 35.0 Å². The number of aromatic nitrogens is 1. The fraction of sp³-hybridized carbons (Fsp3) is 0.290. The van der Waals surface area contributed by atoms with Crippen molar-refractivity contribution in [1.82, 2.24) is 4.57 Å². The Morgan fingerprint density at radius 1 is 1.11 bits per heavy atom. The number of benzene rings is 1. The minimum absolute atomic E-state index is 0.0714. The zero-order valence-electron chi connectivity index (χ0n) is 22.3. The van der Waals surface area contributed by atoms with Gasteiger partial charge in [0.1, 0.15) is 0 Å². The molecule has 0 radical (unpaired) electrons. The van der Waals surface area contributed by atoms with Gasteiger partial charge in [0.05, 0.1) is 11.6 Å². The maximum atomic E-state index is 9.72. The van der Waals surface area contributed by atoms with E-state index >= 15 is 0 Å². The number of allylic oxidation sites excluding steroid dienone is 7. The molecule has 1 aromatic heterocycles. The van der Waals surface area contributed by atoms with E-state index in [0.29, 0.717) is 5.03 Å². The summed E-state index contributed by atoms with van der Waals surface area (Å²) in [5.41, 5.74) is 6.10. The lowest BCUT2D eigenvalue weighted by molar-refractivity contribution is 0.280. The zero-order chi connectivity index (χ0) is 27.8. The molecule has 196 valence electrons. The molecule has 0 saturated carbocycles. The number of halogens is 2. The lowest BCUT2D eigenvalue weighted by Gasteiger charge is -2.12. The maximum absolute atomic E-state index is 9.72. The Morgan fingerprint density at radius 2 is 1.64 bits per heavy atom. The first-order valence-corrected chi connectivity index (χ1v) is 13.4. The molecule has 0 aliphatic rings. The molecule has 0 fully saturated rings. The van der Waals surface area contributed by atoms with Crippen molar-refractivity contribution >= 4 is 35.0 Å². The third-order valence-electron chi connectivity index (χ3n) is 4.49. The molecule has 5 heteroatoms.